The van der Waals surface area contributed by atoms with Crippen LogP contribution < -0.4 is 0 Å². The Kier molecular flexibility index (Phi) is 21.4. The van der Waals surface area contributed by atoms with E-state index in [0.717, 1.165) is 64.2 Å². The van der Waals surface area contributed by atoms with Gasteiger partial charge in [0.2, 0.25) is 0 Å². The summed E-state index contributed by atoms with van der Waals surface area (Å²) in [5.41, 5.74) is 12.4. The third-order valence-electron chi connectivity index (χ3n) is 9.33. The van der Waals surface area contributed by atoms with Crippen molar-refractivity contribution in [2.75, 3.05) is 0 Å². The van der Waals surface area contributed by atoms with Crippen molar-refractivity contribution >= 4 is 11.6 Å². The van der Waals surface area contributed by atoms with E-state index in [1.54, 1.807) is 19.1 Å². The van der Waals surface area contributed by atoms with Gasteiger partial charge in [0.25, 0.3) is 0 Å². The van der Waals surface area contributed by atoms with Crippen molar-refractivity contribution in [2.24, 2.45) is 0 Å². The standard InChI is InChI=1S/C46H68O2/c1-12-42-43(13-2)46(48)44(41(11)45(42)47)33-32-40(10)31-19-30-39(9)29-18-28-38(8)27-17-26-37(7)25-16-24-36(6)23-15-22-35(5)21-14-20-34(3)4/h12-13,20,22,24,26,28,30,32H,14-19,21,23,25,27,29,31,33H2,1-11H3. The molecule has 1 aliphatic carbocycles. The van der Waals surface area contributed by atoms with Crippen LogP contribution in [0.4, 0.5) is 0 Å². The average Bonchev–Trinajstić information content (AvgIpc) is 3.02. The van der Waals surface area contributed by atoms with Crippen LogP contribution in [0.5, 0.6) is 0 Å². The van der Waals surface area contributed by atoms with Crippen molar-refractivity contribution in [3.8, 4) is 0 Å². The Bertz CT molecular complexity index is 1400. The van der Waals surface area contributed by atoms with Gasteiger partial charge in [0.1, 0.15) is 0 Å². The van der Waals surface area contributed by atoms with E-state index in [2.05, 4.69) is 97.9 Å². The van der Waals surface area contributed by atoms with Gasteiger partial charge in [-0.25, -0.2) is 0 Å². The minimum atomic E-state index is -0.0228. The molecule has 0 saturated heterocycles. The number of carbonyl (C=O) groups is 2. The quantitative estimate of drug-likeness (QED) is 0.0968. The largest absolute Gasteiger partial charge is 0.289 e. The van der Waals surface area contributed by atoms with Crippen molar-refractivity contribution in [3.05, 3.63) is 116 Å². The number of hydrogen-bond donors (Lipinski definition) is 0. The summed E-state index contributed by atoms with van der Waals surface area (Å²) in [6.45, 7) is 23.2. The highest BCUT2D eigenvalue weighted by Gasteiger charge is 2.30. The van der Waals surface area contributed by atoms with Gasteiger partial charge >= 0.3 is 0 Å². The molecule has 0 bridgehead atoms. The van der Waals surface area contributed by atoms with Crippen molar-refractivity contribution in [1.82, 2.24) is 0 Å². The van der Waals surface area contributed by atoms with E-state index in [1.807, 2.05) is 13.8 Å². The van der Waals surface area contributed by atoms with Crippen molar-refractivity contribution in [1.29, 1.82) is 0 Å². The molecule has 0 radical (unpaired) electrons. The first-order valence-electron chi connectivity index (χ1n) is 18.5. The van der Waals surface area contributed by atoms with Crippen LogP contribution in [0.2, 0.25) is 0 Å². The molecule has 0 fully saturated rings. The summed E-state index contributed by atoms with van der Waals surface area (Å²) in [6, 6.07) is 0. The molecule has 1 rings (SSSR count). The van der Waals surface area contributed by atoms with E-state index in [0.29, 0.717) is 28.7 Å². The zero-order chi connectivity index (χ0) is 36.1. The number of hydrogen-bond acceptors (Lipinski definition) is 2. The fourth-order valence-corrected chi connectivity index (χ4v) is 5.94. The average molecular weight is 653 g/mol. The van der Waals surface area contributed by atoms with Gasteiger partial charge in [-0.1, -0.05) is 93.7 Å². The predicted octanol–water partition coefficient (Wildman–Crippen LogP) is 14.1. The molecule has 264 valence electrons. The van der Waals surface area contributed by atoms with Crippen LogP contribution in [0.1, 0.15) is 160 Å². The topological polar surface area (TPSA) is 34.1 Å². The van der Waals surface area contributed by atoms with Gasteiger partial charge in [0.05, 0.1) is 0 Å². The molecule has 0 saturated carbocycles. The zero-order valence-electron chi connectivity index (χ0n) is 32.7. The summed E-state index contributed by atoms with van der Waals surface area (Å²) < 4.78 is 0. The summed E-state index contributed by atoms with van der Waals surface area (Å²) in [4.78, 5) is 25.7. The summed E-state index contributed by atoms with van der Waals surface area (Å²) >= 11 is 0. The van der Waals surface area contributed by atoms with Crippen LogP contribution in [0.3, 0.4) is 0 Å². The molecule has 0 amide bonds. The molecule has 48 heavy (non-hydrogen) atoms. The molecule has 0 aromatic heterocycles. The van der Waals surface area contributed by atoms with Crippen LogP contribution in [0.15, 0.2) is 116 Å². The van der Waals surface area contributed by atoms with Gasteiger partial charge in [0, 0.05) is 22.3 Å². The normalized spacial score (nSPS) is 17.7. The van der Waals surface area contributed by atoms with Gasteiger partial charge in [0.15, 0.2) is 11.6 Å². The van der Waals surface area contributed by atoms with E-state index in [9.17, 15) is 9.59 Å². The molecule has 0 aromatic carbocycles. The van der Waals surface area contributed by atoms with Crippen LogP contribution in [0, 0.1) is 0 Å². The molecule has 0 unspecified atom stereocenters. The number of carbonyl (C=O) groups excluding carboxylic acids is 2. The second-order valence-corrected chi connectivity index (χ2v) is 14.2. The zero-order valence-corrected chi connectivity index (χ0v) is 32.7. The van der Waals surface area contributed by atoms with Gasteiger partial charge < -0.3 is 0 Å². The first kappa shape index (κ1) is 42.8. The Hall–Kier alpha value is -3.26. The minimum Gasteiger partial charge on any atom is -0.289 e. The van der Waals surface area contributed by atoms with Crippen LogP contribution >= 0.6 is 0 Å². The number of rotatable bonds is 20. The minimum absolute atomic E-state index is 0.00832. The van der Waals surface area contributed by atoms with Gasteiger partial charge in [-0.3, -0.25) is 9.59 Å². The molecule has 0 N–H and O–H groups in total. The molecule has 1 aliphatic rings. The first-order valence-corrected chi connectivity index (χ1v) is 18.5. The summed E-state index contributed by atoms with van der Waals surface area (Å²) in [7, 11) is 0. The second-order valence-electron chi connectivity index (χ2n) is 14.2. The van der Waals surface area contributed by atoms with E-state index < -0.39 is 0 Å². The number of ketones is 2. The molecule has 0 heterocycles. The van der Waals surface area contributed by atoms with Gasteiger partial charge in [-0.2, -0.15) is 0 Å². The SMILES string of the molecule is CC=C1C(=O)C(C)=C(CC=C(C)CCC=C(C)CCC=C(C)CCC=C(C)CCC=C(C)CCC=C(C)CCC=C(C)C)C(=O)C1=CC. The Morgan fingerprint density at radius 3 is 1.04 bits per heavy atom. The second kappa shape index (κ2) is 24.0. The fourth-order valence-electron chi connectivity index (χ4n) is 5.94. The molecular weight excluding hydrogens is 585 g/mol. The van der Waals surface area contributed by atoms with Crippen molar-refractivity contribution in [2.45, 2.75) is 160 Å². The molecule has 2 heteroatoms. The summed E-state index contributed by atoms with van der Waals surface area (Å²) in [5.74, 6) is -0.0311. The Morgan fingerprint density at radius 1 is 0.438 bits per heavy atom. The highest BCUT2D eigenvalue weighted by atomic mass is 16.1. The Labute approximate surface area is 296 Å². The highest BCUT2D eigenvalue weighted by molar-refractivity contribution is 6.29. The maximum absolute atomic E-state index is 13.0. The summed E-state index contributed by atoms with van der Waals surface area (Å²) in [6.07, 6.45) is 33.9. The summed E-state index contributed by atoms with van der Waals surface area (Å²) in [5, 5.41) is 0. The molecule has 2 nitrogen and oxygen atoms in total. The lowest BCUT2D eigenvalue weighted by Crippen LogP contribution is -2.23. The van der Waals surface area contributed by atoms with Crippen LogP contribution in [0.25, 0.3) is 0 Å². The molecule has 0 aliphatic heterocycles. The fraction of sp³-hybridized carbons (Fsp3) is 0.522. The lowest BCUT2D eigenvalue weighted by Gasteiger charge is -2.20. The maximum Gasteiger partial charge on any atom is 0.190 e. The maximum atomic E-state index is 13.0. The number of allylic oxidation sites excluding steroid dienone is 20. The molecule has 0 atom stereocenters. The number of Topliss-reactive ketones (excluding diaryl/α,β-unsaturated/α-hetero) is 2. The lowest BCUT2D eigenvalue weighted by atomic mass is 9.81. The van der Waals surface area contributed by atoms with E-state index in [-0.39, 0.29) is 11.6 Å². The third-order valence-corrected chi connectivity index (χ3v) is 9.33. The van der Waals surface area contributed by atoms with E-state index in [1.165, 1.54) is 51.9 Å². The van der Waals surface area contributed by atoms with E-state index >= 15 is 0 Å². The smallest absolute Gasteiger partial charge is 0.190 e. The van der Waals surface area contributed by atoms with Crippen LogP contribution in [-0.4, -0.2) is 11.6 Å². The molecule has 0 spiro atoms. The molecule has 0 aromatic rings. The van der Waals surface area contributed by atoms with Crippen molar-refractivity contribution in [3.63, 3.8) is 0 Å². The van der Waals surface area contributed by atoms with Gasteiger partial charge in [-0.05, 0) is 160 Å². The Morgan fingerprint density at radius 2 is 0.729 bits per heavy atom. The van der Waals surface area contributed by atoms with E-state index in [4.69, 9.17) is 0 Å². The highest BCUT2D eigenvalue weighted by Crippen LogP contribution is 2.30. The Balaban J connectivity index is 2.39. The van der Waals surface area contributed by atoms with Gasteiger partial charge in [-0.15, -0.1) is 0 Å². The predicted molar refractivity (Wildman–Crippen MR) is 212 cm³/mol. The lowest BCUT2D eigenvalue weighted by molar-refractivity contribution is -0.116. The monoisotopic (exact) mass is 653 g/mol. The van der Waals surface area contributed by atoms with Crippen LogP contribution in [-0.2, 0) is 9.59 Å². The third kappa shape index (κ3) is 17.2. The molecular formula is C46H68O2. The van der Waals surface area contributed by atoms with Crippen molar-refractivity contribution < 1.29 is 9.59 Å². The first-order chi connectivity index (χ1) is 22.8.